The van der Waals surface area contributed by atoms with Crippen LogP contribution < -0.4 is 5.32 Å². The monoisotopic (exact) mass is 157 g/mol. The summed E-state index contributed by atoms with van der Waals surface area (Å²) in [6.07, 6.45) is 7.94. The third kappa shape index (κ3) is 9.66. The van der Waals surface area contributed by atoms with Crippen LogP contribution in [0.15, 0.2) is 12.2 Å². The molecule has 0 aromatic carbocycles. The van der Waals surface area contributed by atoms with Crippen molar-refractivity contribution in [3.8, 4) is 0 Å². The van der Waals surface area contributed by atoms with E-state index in [-0.39, 0.29) is 0 Å². The molecule has 0 aromatic heterocycles. The lowest BCUT2D eigenvalue weighted by Crippen LogP contribution is -2.06. The lowest BCUT2D eigenvalue weighted by Gasteiger charge is -1.95. The van der Waals surface area contributed by atoms with E-state index in [9.17, 15) is 0 Å². The van der Waals surface area contributed by atoms with E-state index in [1.165, 1.54) is 19.3 Å². The van der Waals surface area contributed by atoms with Gasteiger partial charge in [0.05, 0.1) is 6.61 Å². The molecule has 0 rings (SSSR count). The summed E-state index contributed by atoms with van der Waals surface area (Å²) in [6.45, 7) is 1.87. The molecule has 0 aliphatic heterocycles. The minimum absolute atomic E-state index is 0.742. The van der Waals surface area contributed by atoms with E-state index in [0.717, 1.165) is 13.2 Å². The Morgan fingerprint density at radius 1 is 1.27 bits per heavy atom. The van der Waals surface area contributed by atoms with Gasteiger partial charge in [-0.2, -0.15) is 0 Å². The summed E-state index contributed by atoms with van der Waals surface area (Å²) >= 11 is 0. The van der Waals surface area contributed by atoms with Gasteiger partial charge in [-0.25, -0.2) is 0 Å². The van der Waals surface area contributed by atoms with Gasteiger partial charge in [0.2, 0.25) is 0 Å². The molecule has 0 aliphatic carbocycles. The number of allylic oxidation sites excluding steroid dienone is 1. The molecule has 0 unspecified atom stereocenters. The second-order valence-electron chi connectivity index (χ2n) is 2.53. The van der Waals surface area contributed by atoms with Gasteiger partial charge in [0.1, 0.15) is 0 Å². The SMILES string of the molecule is CNCCCC/C=C/COC. The first-order valence-corrected chi connectivity index (χ1v) is 4.20. The fraction of sp³-hybridized carbons (Fsp3) is 0.778. The van der Waals surface area contributed by atoms with Crippen LogP contribution in [0.4, 0.5) is 0 Å². The molecule has 0 atom stereocenters. The molecule has 0 spiro atoms. The van der Waals surface area contributed by atoms with Gasteiger partial charge in [0.15, 0.2) is 0 Å². The molecule has 11 heavy (non-hydrogen) atoms. The Bertz CT molecular complexity index is 91.6. The predicted octanol–water partition coefficient (Wildman–Crippen LogP) is 1.58. The summed E-state index contributed by atoms with van der Waals surface area (Å²) in [6, 6.07) is 0. The second kappa shape index (κ2) is 9.66. The van der Waals surface area contributed by atoms with Gasteiger partial charge in [-0.1, -0.05) is 12.2 Å². The first kappa shape index (κ1) is 10.7. The molecule has 0 aliphatic rings. The lowest BCUT2D eigenvalue weighted by molar-refractivity contribution is 0.233. The van der Waals surface area contributed by atoms with Crippen LogP contribution in [0.1, 0.15) is 19.3 Å². The topological polar surface area (TPSA) is 21.3 Å². The number of methoxy groups -OCH3 is 1. The smallest absolute Gasteiger partial charge is 0.0643 e. The van der Waals surface area contributed by atoms with Crippen molar-refractivity contribution in [2.45, 2.75) is 19.3 Å². The van der Waals surface area contributed by atoms with E-state index in [4.69, 9.17) is 4.74 Å². The van der Waals surface area contributed by atoms with Crippen LogP contribution in [0.3, 0.4) is 0 Å². The maximum Gasteiger partial charge on any atom is 0.0643 e. The molecule has 0 amide bonds. The molecule has 0 fully saturated rings. The molecule has 0 aromatic rings. The summed E-state index contributed by atoms with van der Waals surface area (Å²) in [5.74, 6) is 0. The molecule has 1 N–H and O–H groups in total. The number of ether oxygens (including phenoxy) is 1. The van der Waals surface area contributed by atoms with Crippen molar-refractivity contribution in [3.05, 3.63) is 12.2 Å². The Morgan fingerprint density at radius 2 is 2.09 bits per heavy atom. The minimum atomic E-state index is 0.742. The average Bonchev–Trinajstić information content (AvgIpc) is 2.03. The number of nitrogens with one attached hydrogen (secondary N) is 1. The maximum absolute atomic E-state index is 4.87. The number of unbranched alkanes of at least 4 members (excludes halogenated alkanes) is 2. The van der Waals surface area contributed by atoms with Crippen molar-refractivity contribution in [1.29, 1.82) is 0 Å². The minimum Gasteiger partial charge on any atom is -0.381 e. The van der Waals surface area contributed by atoms with Crippen molar-refractivity contribution in [1.82, 2.24) is 5.32 Å². The van der Waals surface area contributed by atoms with Crippen molar-refractivity contribution in [2.24, 2.45) is 0 Å². The van der Waals surface area contributed by atoms with Gasteiger partial charge in [-0.05, 0) is 32.9 Å². The second-order valence-corrected chi connectivity index (χ2v) is 2.53. The summed E-state index contributed by atoms with van der Waals surface area (Å²) in [5.41, 5.74) is 0. The zero-order valence-electron chi connectivity index (χ0n) is 7.60. The number of hydrogen-bond acceptors (Lipinski definition) is 2. The molecule has 0 saturated carbocycles. The number of hydrogen-bond donors (Lipinski definition) is 1. The van der Waals surface area contributed by atoms with E-state index in [1.54, 1.807) is 7.11 Å². The summed E-state index contributed by atoms with van der Waals surface area (Å²) in [4.78, 5) is 0. The molecule has 2 nitrogen and oxygen atoms in total. The average molecular weight is 157 g/mol. The standard InChI is InChI=1S/C9H19NO/c1-10-8-6-4-3-5-7-9-11-2/h5,7,10H,3-4,6,8-9H2,1-2H3/b7-5+. The molecular formula is C9H19NO. The molecule has 66 valence electrons. The van der Waals surface area contributed by atoms with Crippen LogP contribution in [0, 0.1) is 0 Å². The first-order chi connectivity index (χ1) is 5.41. The summed E-state index contributed by atoms with van der Waals surface area (Å²) in [7, 11) is 3.70. The number of rotatable bonds is 7. The molecule has 0 bridgehead atoms. The van der Waals surface area contributed by atoms with E-state index in [0.29, 0.717) is 0 Å². The van der Waals surface area contributed by atoms with E-state index >= 15 is 0 Å². The fourth-order valence-electron chi connectivity index (χ4n) is 0.846. The van der Waals surface area contributed by atoms with Gasteiger partial charge in [0.25, 0.3) is 0 Å². The normalized spacial score (nSPS) is 11.1. The Kier molecular flexibility index (Phi) is 9.36. The van der Waals surface area contributed by atoms with Gasteiger partial charge in [-0.15, -0.1) is 0 Å². The van der Waals surface area contributed by atoms with E-state index in [1.807, 2.05) is 7.05 Å². The highest BCUT2D eigenvalue weighted by Crippen LogP contribution is 1.94. The quantitative estimate of drug-likeness (QED) is 0.447. The summed E-state index contributed by atoms with van der Waals surface area (Å²) in [5, 5.41) is 3.12. The van der Waals surface area contributed by atoms with Gasteiger partial charge >= 0.3 is 0 Å². The third-order valence-electron chi connectivity index (χ3n) is 1.48. The molecule has 0 saturated heterocycles. The zero-order chi connectivity index (χ0) is 8.36. The van der Waals surface area contributed by atoms with Crippen LogP contribution >= 0.6 is 0 Å². The highest BCUT2D eigenvalue weighted by atomic mass is 16.5. The predicted molar refractivity (Wildman–Crippen MR) is 48.8 cm³/mol. The highest BCUT2D eigenvalue weighted by molar-refractivity contribution is 4.80. The zero-order valence-corrected chi connectivity index (χ0v) is 7.60. The maximum atomic E-state index is 4.87. The Hall–Kier alpha value is -0.340. The Morgan fingerprint density at radius 3 is 2.73 bits per heavy atom. The highest BCUT2D eigenvalue weighted by Gasteiger charge is 1.82. The Labute approximate surface area is 69.6 Å². The van der Waals surface area contributed by atoms with Crippen LogP contribution in [0.5, 0.6) is 0 Å². The van der Waals surface area contributed by atoms with Gasteiger partial charge in [-0.3, -0.25) is 0 Å². The van der Waals surface area contributed by atoms with Crippen LogP contribution in [0.2, 0.25) is 0 Å². The van der Waals surface area contributed by atoms with Crippen LogP contribution in [-0.4, -0.2) is 27.3 Å². The van der Waals surface area contributed by atoms with Crippen LogP contribution in [0.25, 0.3) is 0 Å². The lowest BCUT2D eigenvalue weighted by atomic mass is 10.2. The first-order valence-electron chi connectivity index (χ1n) is 4.20. The van der Waals surface area contributed by atoms with E-state index in [2.05, 4.69) is 17.5 Å². The molecular weight excluding hydrogens is 138 g/mol. The van der Waals surface area contributed by atoms with Gasteiger partial charge in [0, 0.05) is 7.11 Å². The van der Waals surface area contributed by atoms with Crippen molar-refractivity contribution in [2.75, 3.05) is 27.3 Å². The fourth-order valence-corrected chi connectivity index (χ4v) is 0.846. The Balaban J connectivity index is 2.89. The molecule has 0 radical (unpaired) electrons. The third-order valence-corrected chi connectivity index (χ3v) is 1.48. The van der Waals surface area contributed by atoms with Crippen molar-refractivity contribution in [3.63, 3.8) is 0 Å². The summed E-state index contributed by atoms with van der Waals surface area (Å²) < 4.78 is 4.87. The van der Waals surface area contributed by atoms with Gasteiger partial charge < -0.3 is 10.1 Å². The van der Waals surface area contributed by atoms with Crippen molar-refractivity contribution < 1.29 is 4.74 Å². The van der Waals surface area contributed by atoms with E-state index < -0.39 is 0 Å². The van der Waals surface area contributed by atoms with Crippen LogP contribution in [-0.2, 0) is 4.74 Å². The largest absolute Gasteiger partial charge is 0.381 e. The molecule has 2 heteroatoms. The van der Waals surface area contributed by atoms with Crippen molar-refractivity contribution >= 4 is 0 Å². The molecule has 0 heterocycles.